The van der Waals surface area contributed by atoms with Crippen molar-refractivity contribution in [3.63, 3.8) is 0 Å². The quantitative estimate of drug-likeness (QED) is 0.711. The van der Waals surface area contributed by atoms with Gasteiger partial charge in [0.25, 0.3) is 5.91 Å². The van der Waals surface area contributed by atoms with Gasteiger partial charge in [-0.15, -0.1) is 0 Å². The summed E-state index contributed by atoms with van der Waals surface area (Å²) in [6, 6.07) is 3.35. The average Bonchev–Trinajstić information content (AvgIpc) is 3.16. The van der Waals surface area contributed by atoms with Crippen LogP contribution in [0.3, 0.4) is 0 Å². The number of phenols is 1. The van der Waals surface area contributed by atoms with Crippen LogP contribution in [0.2, 0.25) is 0 Å². The van der Waals surface area contributed by atoms with E-state index in [1.807, 2.05) is 6.07 Å². The van der Waals surface area contributed by atoms with E-state index in [2.05, 4.69) is 30.7 Å². The number of hydrogen-bond donors (Lipinski definition) is 1. The van der Waals surface area contributed by atoms with Gasteiger partial charge in [-0.25, -0.2) is 0 Å². The SMILES string of the molecule is CC(C)CCCc1c(O)ccc2c1O[C@@]1(C(Cl)=C(Cl)C(=O)N1C)[C@H]2N1CCN(C)CC1. The Balaban J connectivity index is 1.81. The summed E-state index contributed by atoms with van der Waals surface area (Å²) in [5, 5.41) is 10.9. The summed E-state index contributed by atoms with van der Waals surface area (Å²) in [6.45, 7) is 7.84. The van der Waals surface area contributed by atoms with Crippen molar-refractivity contribution in [3.05, 3.63) is 33.3 Å². The fourth-order valence-corrected chi connectivity index (χ4v) is 5.57. The zero-order valence-electron chi connectivity index (χ0n) is 18.6. The minimum Gasteiger partial charge on any atom is -0.508 e. The number of carbonyl (C=O) groups is 1. The first-order valence-corrected chi connectivity index (χ1v) is 11.7. The highest BCUT2D eigenvalue weighted by Gasteiger charge is 2.63. The van der Waals surface area contributed by atoms with Crippen LogP contribution in [0, 0.1) is 5.92 Å². The van der Waals surface area contributed by atoms with Crippen molar-refractivity contribution >= 4 is 29.1 Å². The summed E-state index contributed by atoms with van der Waals surface area (Å²) in [5.74, 6) is 1.09. The standard InChI is InChI=1S/C23H31Cl2N3O3/c1-14(2)6-5-7-15-17(29)9-8-16-19(15)31-23(20(25)18(24)22(30)27(23)4)21(16)28-12-10-26(3)11-13-28/h8-9,14,21,29H,5-7,10-13H2,1-4H3/t21-,23-/m0/s1. The summed E-state index contributed by atoms with van der Waals surface area (Å²) < 4.78 is 6.60. The number of likely N-dealkylation sites (N-methyl/N-ethyl adjacent to an activating group) is 2. The minimum absolute atomic E-state index is 0.00156. The third-order valence-electron chi connectivity index (χ3n) is 6.80. The number of nitrogens with zero attached hydrogens (tertiary/aromatic N) is 3. The Bertz CT molecular complexity index is 912. The van der Waals surface area contributed by atoms with Crippen molar-refractivity contribution < 1.29 is 14.6 Å². The van der Waals surface area contributed by atoms with Crippen molar-refractivity contribution in [2.75, 3.05) is 40.3 Å². The molecule has 170 valence electrons. The second-order valence-electron chi connectivity index (χ2n) is 9.30. The Morgan fingerprint density at radius 3 is 2.45 bits per heavy atom. The maximum absolute atomic E-state index is 12.8. The first kappa shape index (κ1) is 22.7. The number of fused-ring (bicyclic) bond motifs is 1. The molecule has 0 aromatic heterocycles. The fraction of sp³-hybridized carbons (Fsp3) is 0.609. The molecule has 3 aliphatic rings. The Morgan fingerprint density at radius 1 is 1.19 bits per heavy atom. The molecule has 3 heterocycles. The van der Waals surface area contributed by atoms with Gasteiger partial charge in [0, 0.05) is 44.4 Å². The molecule has 1 aromatic carbocycles. The molecule has 0 aliphatic carbocycles. The second-order valence-corrected chi connectivity index (χ2v) is 10.1. The van der Waals surface area contributed by atoms with Gasteiger partial charge in [-0.05, 0) is 37.9 Å². The molecule has 1 aromatic rings. The molecule has 0 unspecified atom stereocenters. The van der Waals surface area contributed by atoms with Crippen LogP contribution in [0.5, 0.6) is 11.5 Å². The van der Waals surface area contributed by atoms with Crippen molar-refractivity contribution in [1.29, 1.82) is 0 Å². The summed E-state index contributed by atoms with van der Waals surface area (Å²) >= 11 is 13.1. The molecule has 0 bridgehead atoms. The number of ether oxygens (including phenoxy) is 1. The molecule has 31 heavy (non-hydrogen) atoms. The molecule has 1 N–H and O–H groups in total. The third-order valence-corrected chi connectivity index (χ3v) is 7.71. The van der Waals surface area contributed by atoms with E-state index in [1.165, 1.54) is 4.90 Å². The molecule has 0 radical (unpaired) electrons. The van der Waals surface area contributed by atoms with Crippen LogP contribution in [-0.4, -0.2) is 71.7 Å². The van der Waals surface area contributed by atoms with Crippen LogP contribution in [0.4, 0.5) is 0 Å². The lowest BCUT2D eigenvalue weighted by molar-refractivity contribution is -0.141. The normalized spacial score (nSPS) is 27.0. The third kappa shape index (κ3) is 3.62. The van der Waals surface area contributed by atoms with Gasteiger partial charge in [-0.3, -0.25) is 14.6 Å². The van der Waals surface area contributed by atoms with Crippen LogP contribution in [-0.2, 0) is 11.2 Å². The van der Waals surface area contributed by atoms with Gasteiger partial charge in [0.05, 0.1) is 0 Å². The summed E-state index contributed by atoms with van der Waals surface area (Å²) in [6.07, 6.45) is 2.70. The van der Waals surface area contributed by atoms with Gasteiger partial charge in [0.2, 0.25) is 5.72 Å². The number of halogens is 2. The largest absolute Gasteiger partial charge is 0.508 e. The van der Waals surface area contributed by atoms with E-state index >= 15 is 0 Å². The molecule has 8 heteroatoms. The Kier molecular flexibility index (Phi) is 6.21. The van der Waals surface area contributed by atoms with Gasteiger partial charge < -0.3 is 14.7 Å². The molecular formula is C23H31Cl2N3O3. The van der Waals surface area contributed by atoms with Gasteiger partial charge in [-0.1, -0.05) is 43.5 Å². The van der Waals surface area contributed by atoms with Crippen molar-refractivity contribution in [2.45, 2.75) is 44.9 Å². The first-order chi connectivity index (χ1) is 14.7. The molecule has 2 atom stereocenters. The van der Waals surface area contributed by atoms with Crippen molar-refractivity contribution in [2.24, 2.45) is 5.92 Å². The molecule has 1 spiro atoms. The maximum atomic E-state index is 12.8. The summed E-state index contributed by atoms with van der Waals surface area (Å²) in [4.78, 5) is 18.9. The lowest BCUT2D eigenvalue weighted by Crippen LogP contribution is -2.58. The number of phenolic OH excluding ortho intramolecular Hbond substituents is 1. The molecule has 1 saturated heterocycles. The monoisotopic (exact) mass is 467 g/mol. The zero-order valence-corrected chi connectivity index (χ0v) is 20.1. The van der Waals surface area contributed by atoms with E-state index in [1.54, 1.807) is 13.1 Å². The number of amides is 1. The van der Waals surface area contributed by atoms with E-state index in [0.29, 0.717) is 18.1 Å². The first-order valence-electron chi connectivity index (χ1n) is 11.0. The Morgan fingerprint density at radius 2 is 1.87 bits per heavy atom. The van der Waals surface area contributed by atoms with Crippen LogP contribution in [0.15, 0.2) is 22.2 Å². The minimum atomic E-state index is -1.21. The molecule has 1 fully saturated rings. The highest BCUT2D eigenvalue weighted by atomic mass is 35.5. The van der Waals surface area contributed by atoms with E-state index in [-0.39, 0.29) is 27.8 Å². The molecule has 1 amide bonds. The maximum Gasteiger partial charge on any atom is 0.269 e. The highest BCUT2D eigenvalue weighted by Crippen LogP contribution is 2.58. The van der Waals surface area contributed by atoms with Crippen LogP contribution in [0.1, 0.15) is 43.9 Å². The smallest absolute Gasteiger partial charge is 0.269 e. The summed E-state index contributed by atoms with van der Waals surface area (Å²) in [7, 11) is 3.79. The van der Waals surface area contributed by atoms with Crippen LogP contribution >= 0.6 is 23.2 Å². The predicted octanol–water partition coefficient (Wildman–Crippen LogP) is 3.91. The van der Waals surface area contributed by atoms with Gasteiger partial charge in [-0.2, -0.15) is 0 Å². The summed E-state index contributed by atoms with van der Waals surface area (Å²) in [5.41, 5.74) is 0.516. The number of benzene rings is 1. The number of carbonyl (C=O) groups excluding carboxylic acids is 1. The number of hydrogen-bond acceptors (Lipinski definition) is 5. The topological polar surface area (TPSA) is 56.3 Å². The average molecular weight is 468 g/mol. The molecular weight excluding hydrogens is 437 g/mol. The van der Waals surface area contributed by atoms with Gasteiger partial charge in [0.1, 0.15) is 27.6 Å². The highest BCUT2D eigenvalue weighted by molar-refractivity contribution is 6.50. The fourth-order valence-electron chi connectivity index (χ4n) is 4.96. The lowest BCUT2D eigenvalue weighted by Gasteiger charge is -2.44. The van der Waals surface area contributed by atoms with E-state index < -0.39 is 5.72 Å². The molecule has 6 nitrogen and oxygen atoms in total. The lowest BCUT2D eigenvalue weighted by atomic mass is 9.92. The van der Waals surface area contributed by atoms with E-state index in [0.717, 1.165) is 50.1 Å². The zero-order chi connectivity index (χ0) is 22.5. The predicted molar refractivity (Wildman–Crippen MR) is 123 cm³/mol. The van der Waals surface area contributed by atoms with Gasteiger partial charge in [0.15, 0.2) is 0 Å². The molecule has 3 aliphatic heterocycles. The Labute approximate surface area is 194 Å². The number of piperazine rings is 1. The second kappa shape index (κ2) is 8.47. The molecule has 0 saturated carbocycles. The van der Waals surface area contributed by atoms with Gasteiger partial charge >= 0.3 is 0 Å². The van der Waals surface area contributed by atoms with Crippen molar-refractivity contribution in [1.82, 2.24) is 14.7 Å². The van der Waals surface area contributed by atoms with Crippen LogP contribution < -0.4 is 4.74 Å². The van der Waals surface area contributed by atoms with Crippen molar-refractivity contribution in [3.8, 4) is 11.5 Å². The number of rotatable bonds is 5. The van der Waals surface area contributed by atoms with E-state index in [9.17, 15) is 9.90 Å². The molecule has 4 rings (SSSR count). The Hall–Kier alpha value is -1.47. The number of aromatic hydroxyl groups is 1. The van der Waals surface area contributed by atoms with Crippen LogP contribution in [0.25, 0.3) is 0 Å². The van der Waals surface area contributed by atoms with E-state index in [4.69, 9.17) is 27.9 Å².